The van der Waals surface area contributed by atoms with Gasteiger partial charge in [-0.05, 0) is 36.8 Å². The van der Waals surface area contributed by atoms with Crippen molar-refractivity contribution < 1.29 is 9.18 Å². The molecule has 0 saturated carbocycles. The summed E-state index contributed by atoms with van der Waals surface area (Å²) in [4.78, 5) is 27.5. The van der Waals surface area contributed by atoms with Crippen LogP contribution in [0.15, 0.2) is 42.7 Å². The van der Waals surface area contributed by atoms with Gasteiger partial charge in [-0.2, -0.15) is 0 Å². The number of carbonyl (C=O) groups is 1. The zero-order valence-electron chi connectivity index (χ0n) is 14.9. The third-order valence-electron chi connectivity index (χ3n) is 4.61. The molecule has 138 valence electrons. The molecule has 27 heavy (non-hydrogen) atoms. The summed E-state index contributed by atoms with van der Waals surface area (Å²) < 4.78 is 12.9. The third-order valence-corrected chi connectivity index (χ3v) is 5.57. The maximum atomic E-state index is 12.9. The van der Waals surface area contributed by atoms with Gasteiger partial charge in [-0.1, -0.05) is 12.1 Å². The Kier molecular flexibility index (Phi) is 4.85. The van der Waals surface area contributed by atoms with Crippen molar-refractivity contribution in [1.82, 2.24) is 14.9 Å². The predicted octanol–water partition coefficient (Wildman–Crippen LogP) is 3.50. The first kappa shape index (κ1) is 17.6. The highest BCUT2D eigenvalue weighted by atomic mass is 32.1. The molecule has 1 aliphatic heterocycles. The summed E-state index contributed by atoms with van der Waals surface area (Å²) in [5, 5.41) is 1.08. The van der Waals surface area contributed by atoms with Crippen LogP contribution in [0.5, 0.6) is 0 Å². The van der Waals surface area contributed by atoms with Crippen LogP contribution in [0.4, 0.5) is 10.2 Å². The Morgan fingerprint density at radius 1 is 1.15 bits per heavy atom. The lowest BCUT2D eigenvalue weighted by Gasteiger charge is -2.35. The molecule has 5 nitrogen and oxygen atoms in total. The third kappa shape index (κ3) is 3.83. The number of fused-ring (bicyclic) bond motifs is 1. The molecular formula is C20H19FN4OS. The second-order valence-corrected chi connectivity index (χ2v) is 7.71. The summed E-state index contributed by atoms with van der Waals surface area (Å²) in [6, 6.07) is 8.20. The molecule has 0 unspecified atom stereocenters. The fourth-order valence-electron chi connectivity index (χ4n) is 3.20. The van der Waals surface area contributed by atoms with Crippen molar-refractivity contribution in [3.63, 3.8) is 0 Å². The standard InChI is InChI=1S/C20H19FN4OS/c1-14-12-17-19(22-13-23-20(17)27-14)25-10-8-24(9-11-25)18(26)7-4-15-2-5-16(21)6-3-15/h2-7,12-13H,8-11H2,1H3/b7-4+. The number of aromatic nitrogens is 2. The second-order valence-electron chi connectivity index (χ2n) is 6.47. The van der Waals surface area contributed by atoms with Crippen molar-refractivity contribution in [2.75, 3.05) is 31.1 Å². The highest BCUT2D eigenvalue weighted by molar-refractivity contribution is 7.18. The number of hydrogen-bond donors (Lipinski definition) is 0. The minimum atomic E-state index is -0.283. The molecule has 7 heteroatoms. The summed E-state index contributed by atoms with van der Waals surface area (Å²) in [6.07, 6.45) is 4.88. The number of hydrogen-bond acceptors (Lipinski definition) is 5. The summed E-state index contributed by atoms with van der Waals surface area (Å²) in [7, 11) is 0. The van der Waals surface area contributed by atoms with Gasteiger partial charge in [-0.25, -0.2) is 14.4 Å². The summed E-state index contributed by atoms with van der Waals surface area (Å²) in [5.41, 5.74) is 0.805. The van der Waals surface area contributed by atoms with Crippen molar-refractivity contribution >= 4 is 39.4 Å². The number of piperazine rings is 1. The Morgan fingerprint density at radius 2 is 1.89 bits per heavy atom. The van der Waals surface area contributed by atoms with E-state index in [1.54, 1.807) is 41.9 Å². The number of anilines is 1. The van der Waals surface area contributed by atoms with Crippen molar-refractivity contribution in [3.05, 3.63) is 59.0 Å². The second kappa shape index (κ2) is 7.44. The minimum absolute atomic E-state index is 0.0295. The van der Waals surface area contributed by atoms with E-state index >= 15 is 0 Å². The minimum Gasteiger partial charge on any atom is -0.352 e. The van der Waals surface area contributed by atoms with Gasteiger partial charge < -0.3 is 9.80 Å². The quantitative estimate of drug-likeness (QED) is 0.651. The normalized spacial score (nSPS) is 15.0. The van der Waals surface area contributed by atoms with Gasteiger partial charge >= 0.3 is 0 Å². The number of thiophene rings is 1. The van der Waals surface area contributed by atoms with Gasteiger partial charge in [0.05, 0.1) is 5.39 Å². The maximum Gasteiger partial charge on any atom is 0.246 e. The number of halogens is 1. The molecule has 0 N–H and O–H groups in total. The zero-order chi connectivity index (χ0) is 18.8. The molecule has 3 aromatic rings. The van der Waals surface area contributed by atoms with Crippen LogP contribution >= 0.6 is 11.3 Å². The Balaban J connectivity index is 1.41. The van der Waals surface area contributed by atoms with Crippen molar-refractivity contribution in [1.29, 1.82) is 0 Å². The first-order valence-corrected chi connectivity index (χ1v) is 9.60. The molecule has 0 spiro atoms. The SMILES string of the molecule is Cc1cc2c(N3CCN(C(=O)/C=C/c4ccc(F)cc4)CC3)ncnc2s1. The molecule has 0 atom stereocenters. The molecule has 1 fully saturated rings. The van der Waals surface area contributed by atoms with Gasteiger partial charge in [0.2, 0.25) is 5.91 Å². The topological polar surface area (TPSA) is 49.3 Å². The Labute approximate surface area is 160 Å². The average Bonchev–Trinajstić information content (AvgIpc) is 3.07. The van der Waals surface area contributed by atoms with E-state index in [-0.39, 0.29) is 11.7 Å². The number of nitrogens with zero attached hydrogens (tertiary/aromatic N) is 4. The lowest BCUT2D eigenvalue weighted by atomic mass is 10.2. The Morgan fingerprint density at radius 3 is 2.63 bits per heavy atom. The molecule has 0 aliphatic carbocycles. The van der Waals surface area contributed by atoms with Crippen molar-refractivity contribution in [2.45, 2.75) is 6.92 Å². The molecule has 0 radical (unpaired) electrons. The lowest BCUT2D eigenvalue weighted by molar-refractivity contribution is -0.126. The van der Waals surface area contributed by atoms with Crippen LogP contribution in [0.2, 0.25) is 0 Å². The van der Waals surface area contributed by atoms with Gasteiger partial charge in [-0.3, -0.25) is 4.79 Å². The van der Waals surface area contributed by atoms with Crippen molar-refractivity contribution in [3.8, 4) is 0 Å². The molecular weight excluding hydrogens is 363 g/mol. The molecule has 4 rings (SSSR count). The molecule has 3 heterocycles. The van der Waals surface area contributed by atoms with E-state index in [1.165, 1.54) is 17.0 Å². The van der Waals surface area contributed by atoms with E-state index in [2.05, 4.69) is 27.9 Å². The van der Waals surface area contributed by atoms with Crippen LogP contribution in [-0.4, -0.2) is 47.0 Å². The van der Waals surface area contributed by atoms with Gasteiger partial charge in [0.1, 0.15) is 22.8 Å². The van der Waals surface area contributed by atoms with Crippen LogP contribution in [0.1, 0.15) is 10.4 Å². The van der Waals surface area contributed by atoms with Crippen LogP contribution in [0, 0.1) is 12.7 Å². The smallest absolute Gasteiger partial charge is 0.246 e. The summed E-state index contributed by atoms with van der Waals surface area (Å²) >= 11 is 1.67. The van der Waals surface area contributed by atoms with E-state index in [0.29, 0.717) is 13.1 Å². The fourth-order valence-corrected chi connectivity index (χ4v) is 4.04. The first-order valence-electron chi connectivity index (χ1n) is 8.79. The first-order chi connectivity index (χ1) is 13.1. The number of benzene rings is 1. The van der Waals surface area contributed by atoms with Gasteiger partial charge in [0.25, 0.3) is 0 Å². The van der Waals surface area contributed by atoms with E-state index < -0.39 is 0 Å². The van der Waals surface area contributed by atoms with Gasteiger partial charge in [0.15, 0.2) is 0 Å². The molecule has 1 aliphatic rings. The molecule has 1 aromatic carbocycles. The highest BCUT2D eigenvalue weighted by Crippen LogP contribution is 2.30. The lowest BCUT2D eigenvalue weighted by Crippen LogP contribution is -2.48. The number of amides is 1. The Hall–Kier alpha value is -2.80. The average molecular weight is 382 g/mol. The fraction of sp³-hybridized carbons (Fsp3) is 0.250. The Bertz CT molecular complexity index is 991. The van der Waals surface area contributed by atoms with Gasteiger partial charge in [-0.15, -0.1) is 11.3 Å². The maximum absolute atomic E-state index is 12.9. The largest absolute Gasteiger partial charge is 0.352 e. The molecule has 1 amide bonds. The van der Waals surface area contributed by atoms with Crippen molar-refractivity contribution in [2.24, 2.45) is 0 Å². The summed E-state index contributed by atoms with van der Waals surface area (Å²) in [5.74, 6) is 0.630. The van der Waals surface area contributed by atoms with E-state index in [0.717, 1.165) is 34.7 Å². The van der Waals surface area contributed by atoms with E-state index in [9.17, 15) is 9.18 Å². The number of carbonyl (C=O) groups excluding carboxylic acids is 1. The molecule has 1 saturated heterocycles. The van der Waals surface area contributed by atoms with E-state index in [4.69, 9.17) is 0 Å². The molecule has 0 bridgehead atoms. The molecule has 2 aromatic heterocycles. The van der Waals surface area contributed by atoms with Crippen LogP contribution in [0.25, 0.3) is 16.3 Å². The summed E-state index contributed by atoms with van der Waals surface area (Å²) in [6.45, 7) is 4.82. The zero-order valence-corrected chi connectivity index (χ0v) is 15.7. The van der Waals surface area contributed by atoms with Gasteiger partial charge in [0, 0.05) is 37.1 Å². The predicted molar refractivity (Wildman–Crippen MR) is 106 cm³/mol. The number of aryl methyl sites for hydroxylation is 1. The van der Waals surface area contributed by atoms with Crippen LogP contribution < -0.4 is 4.90 Å². The van der Waals surface area contributed by atoms with E-state index in [1.807, 2.05) is 4.90 Å². The number of rotatable bonds is 3. The highest BCUT2D eigenvalue weighted by Gasteiger charge is 2.22. The van der Waals surface area contributed by atoms with Crippen LogP contribution in [-0.2, 0) is 4.79 Å². The van der Waals surface area contributed by atoms with Crippen LogP contribution in [0.3, 0.4) is 0 Å². The monoisotopic (exact) mass is 382 g/mol.